The lowest BCUT2D eigenvalue weighted by atomic mass is 9.94. The number of carbonyl (C=O) groups is 1. The lowest BCUT2D eigenvalue weighted by Gasteiger charge is -2.35. The lowest BCUT2D eigenvalue weighted by molar-refractivity contribution is 0.135. The number of likely N-dealkylation sites (tertiary alicyclic amines) is 1. The van der Waals surface area contributed by atoms with Gasteiger partial charge in [0, 0.05) is 24.7 Å². The number of benzene rings is 1. The highest BCUT2D eigenvalue weighted by Gasteiger charge is 2.28. The van der Waals surface area contributed by atoms with Crippen LogP contribution < -0.4 is 0 Å². The minimum absolute atomic E-state index is 0.0355. The summed E-state index contributed by atoms with van der Waals surface area (Å²) in [5.74, 6) is 0.821. The molecule has 4 rings (SSSR count). The van der Waals surface area contributed by atoms with E-state index in [1.165, 1.54) is 6.33 Å². The third kappa shape index (κ3) is 3.53. The van der Waals surface area contributed by atoms with E-state index >= 15 is 0 Å². The second-order valence-corrected chi connectivity index (χ2v) is 7.12. The lowest BCUT2D eigenvalue weighted by Crippen LogP contribution is -2.48. The topological polar surface area (TPSA) is 78.0 Å². The van der Waals surface area contributed by atoms with Crippen LogP contribution in [0.3, 0.4) is 0 Å². The Hall–Kier alpha value is -2.85. The van der Waals surface area contributed by atoms with Crippen LogP contribution in [0, 0.1) is 11.3 Å². The second-order valence-electron chi connectivity index (χ2n) is 6.69. The molecule has 1 fully saturated rings. The highest BCUT2D eigenvalue weighted by atomic mass is 35.5. The van der Waals surface area contributed by atoms with Crippen LogP contribution in [0.1, 0.15) is 24.2 Å². The molecule has 2 aromatic rings. The van der Waals surface area contributed by atoms with E-state index in [9.17, 15) is 10.1 Å². The summed E-state index contributed by atoms with van der Waals surface area (Å²) in [6, 6.07) is 9.69. The zero-order chi connectivity index (χ0) is 18.8. The van der Waals surface area contributed by atoms with Crippen LogP contribution in [0.25, 0.3) is 5.57 Å². The number of rotatable bonds is 1. The molecule has 8 heteroatoms. The molecular formula is C19H19ClN6O. The average Bonchev–Trinajstić information content (AvgIpc) is 3.18. The van der Waals surface area contributed by atoms with Crippen LogP contribution in [0.15, 0.2) is 36.2 Å². The molecule has 0 aliphatic carbocycles. The molecule has 1 aromatic carbocycles. The molecule has 7 nitrogen and oxygen atoms in total. The molecule has 0 spiro atoms. The van der Waals surface area contributed by atoms with Crippen LogP contribution in [0.5, 0.6) is 0 Å². The number of fused-ring (bicyclic) bond motifs is 1. The standard InChI is InChI=1S/C19H19ClN6O/c20-16-3-1-14(2-4-16)17(11-21)15-5-7-24(8-6-15)19(27)25-9-10-26-18(12-25)22-13-23-26/h1-4,13H,5-10,12H2. The highest BCUT2D eigenvalue weighted by molar-refractivity contribution is 6.30. The van der Waals surface area contributed by atoms with Crippen LogP contribution >= 0.6 is 11.6 Å². The Balaban J connectivity index is 1.43. The number of urea groups is 1. The molecule has 1 saturated heterocycles. The number of nitriles is 1. The molecule has 0 bridgehead atoms. The van der Waals surface area contributed by atoms with Crippen molar-refractivity contribution in [2.45, 2.75) is 25.9 Å². The minimum Gasteiger partial charge on any atom is -0.324 e. The van der Waals surface area contributed by atoms with Gasteiger partial charge in [-0.3, -0.25) is 0 Å². The van der Waals surface area contributed by atoms with Crippen molar-refractivity contribution in [3.63, 3.8) is 0 Å². The van der Waals surface area contributed by atoms with E-state index in [0.717, 1.165) is 17.0 Å². The number of halogens is 1. The molecule has 2 amide bonds. The third-order valence-electron chi connectivity index (χ3n) is 5.12. The zero-order valence-corrected chi connectivity index (χ0v) is 15.6. The van der Waals surface area contributed by atoms with E-state index in [0.29, 0.717) is 56.2 Å². The van der Waals surface area contributed by atoms with Gasteiger partial charge in [0.15, 0.2) is 0 Å². The number of piperidine rings is 1. The average molecular weight is 383 g/mol. The van der Waals surface area contributed by atoms with Gasteiger partial charge in [-0.15, -0.1) is 0 Å². The summed E-state index contributed by atoms with van der Waals surface area (Å²) in [5.41, 5.74) is 2.68. The number of hydrogen-bond donors (Lipinski definition) is 0. The van der Waals surface area contributed by atoms with E-state index in [-0.39, 0.29) is 6.03 Å². The van der Waals surface area contributed by atoms with Crippen LogP contribution in [0.2, 0.25) is 5.02 Å². The number of hydrogen-bond acceptors (Lipinski definition) is 4. The minimum atomic E-state index is 0.0355. The van der Waals surface area contributed by atoms with Crippen molar-refractivity contribution in [2.24, 2.45) is 0 Å². The summed E-state index contributed by atoms with van der Waals surface area (Å²) in [4.78, 5) is 20.7. The molecule has 0 N–H and O–H groups in total. The van der Waals surface area contributed by atoms with Gasteiger partial charge in [-0.05, 0) is 36.1 Å². The van der Waals surface area contributed by atoms with Crippen LogP contribution in [-0.4, -0.2) is 50.2 Å². The Morgan fingerprint density at radius 2 is 1.81 bits per heavy atom. The fourth-order valence-electron chi connectivity index (χ4n) is 3.61. The smallest absolute Gasteiger partial charge is 0.320 e. The molecule has 0 saturated carbocycles. The first-order valence-corrected chi connectivity index (χ1v) is 9.32. The molecule has 1 aromatic heterocycles. The van der Waals surface area contributed by atoms with Gasteiger partial charge in [-0.2, -0.15) is 10.4 Å². The predicted molar refractivity (Wildman–Crippen MR) is 101 cm³/mol. The summed E-state index contributed by atoms with van der Waals surface area (Å²) in [6.45, 7) is 3.05. The van der Waals surface area contributed by atoms with Crippen molar-refractivity contribution >= 4 is 23.2 Å². The number of nitrogens with zero attached hydrogens (tertiary/aromatic N) is 6. The molecule has 0 radical (unpaired) electrons. The maximum atomic E-state index is 12.8. The van der Waals surface area contributed by atoms with Crippen LogP contribution in [0.4, 0.5) is 4.79 Å². The number of allylic oxidation sites excluding steroid dienone is 1. The quantitative estimate of drug-likeness (QED) is 0.710. The normalized spacial score (nSPS) is 16.7. The molecule has 3 heterocycles. The monoisotopic (exact) mass is 382 g/mol. The van der Waals surface area contributed by atoms with Crippen molar-refractivity contribution < 1.29 is 4.79 Å². The van der Waals surface area contributed by atoms with Crippen molar-refractivity contribution in [1.82, 2.24) is 24.6 Å². The van der Waals surface area contributed by atoms with Crippen molar-refractivity contribution in [1.29, 1.82) is 5.26 Å². The van der Waals surface area contributed by atoms with Gasteiger partial charge >= 0.3 is 6.03 Å². The third-order valence-corrected chi connectivity index (χ3v) is 5.37. The molecule has 27 heavy (non-hydrogen) atoms. The van der Waals surface area contributed by atoms with Crippen molar-refractivity contribution in [2.75, 3.05) is 19.6 Å². The van der Waals surface area contributed by atoms with Gasteiger partial charge in [0.2, 0.25) is 0 Å². The number of carbonyl (C=O) groups excluding carboxylic acids is 1. The summed E-state index contributed by atoms with van der Waals surface area (Å²) < 4.78 is 1.84. The van der Waals surface area contributed by atoms with E-state index in [1.54, 1.807) is 12.1 Å². The SMILES string of the molecule is N#CC(=C1CCN(C(=O)N2CCn3ncnc3C2)CC1)c1ccc(Cl)cc1. The zero-order valence-electron chi connectivity index (χ0n) is 14.8. The molecule has 2 aliphatic heterocycles. The Labute approximate surface area is 162 Å². The van der Waals surface area contributed by atoms with Gasteiger partial charge in [-0.25, -0.2) is 14.5 Å². The molecule has 138 valence electrons. The van der Waals surface area contributed by atoms with Gasteiger partial charge in [-0.1, -0.05) is 23.7 Å². The van der Waals surface area contributed by atoms with E-state index in [2.05, 4.69) is 16.2 Å². The van der Waals surface area contributed by atoms with Gasteiger partial charge in [0.1, 0.15) is 12.2 Å². The summed E-state index contributed by atoms with van der Waals surface area (Å²) in [7, 11) is 0. The van der Waals surface area contributed by atoms with Gasteiger partial charge in [0.25, 0.3) is 0 Å². The summed E-state index contributed by atoms with van der Waals surface area (Å²) >= 11 is 5.94. The Morgan fingerprint density at radius 1 is 1.07 bits per heavy atom. The molecule has 2 aliphatic rings. The van der Waals surface area contributed by atoms with E-state index < -0.39 is 0 Å². The maximum Gasteiger partial charge on any atom is 0.320 e. The Kier molecular flexibility index (Phi) is 4.82. The maximum absolute atomic E-state index is 12.8. The fraction of sp³-hybridized carbons (Fsp3) is 0.368. The Bertz CT molecular complexity index is 916. The number of amides is 2. The summed E-state index contributed by atoms with van der Waals surface area (Å²) in [5, 5.41) is 14.4. The Morgan fingerprint density at radius 3 is 2.52 bits per heavy atom. The number of aromatic nitrogens is 3. The first-order valence-electron chi connectivity index (χ1n) is 8.94. The first kappa shape index (κ1) is 17.6. The first-order chi connectivity index (χ1) is 13.2. The van der Waals surface area contributed by atoms with Gasteiger partial charge in [0.05, 0.1) is 24.7 Å². The van der Waals surface area contributed by atoms with Crippen molar-refractivity contribution in [3.05, 3.63) is 52.6 Å². The highest BCUT2D eigenvalue weighted by Crippen LogP contribution is 2.28. The van der Waals surface area contributed by atoms with Crippen LogP contribution in [-0.2, 0) is 13.1 Å². The largest absolute Gasteiger partial charge is 0.324 e. The molecule has 0 unspecified atom stereocenters. The van der Waals surface area contributed by atoms with E-state index in [1.807, 2.05) is 26.6 Å². The fourth-order valence-corrected chi connectivity index (χ4v) is 3.73. The van der Waals surface area contributed by atoms with E-state index in [4.69, 9.17) is 11.6 Å². The predicted octanol–water partition coefficient (Wildman–Crippen LogP) is 2.94. The molecule has 0 atom stereocenters. The van der Waals surface area contributed by atoms with Crippen molar-refractivity contribution in [3.8, 4) is 6.07 Å². The molecular weight excluding hydrogens is 364 g/mol. The summed E-state index contributed by atoms with van der Waals surface area (Å²) in [6.07, 6.45) is 2.95. The van der Waals surface area contributed by atoms with Gasteiger partial charge < -0.3 is 9.80 Å². The second kappa shape index (κ2) is 7.41.